The molecule has 1 aliphatic rings. The van der Waals surface area contributed by atoms with Gasteiger partial charge >= 0.3 is 6.09 Å². The van der Waals surface area contributed by atoms with Gasteiger partial charge in [-0.3, -0.25) is 0 Å². The van der Waals surface area contributed by atoms with Gasteiger partial charge in [0.25, 0.3) is 0 Å². The maximum Gasteiger partial charge on any atom is 0.412 e. The van der Waals surface area contributed by atoms with Gasteiger partial charge < -0.3 is 10.1 Å². The molecule has 1 aliphatic carbocycles. The standard InChI is InChI=1S/C29H49NO2/c1-6-8-10-12-15-24-17-18-26(25(21-24)16-13-11-9-7-2)32-27(31)30-23-29(5)20-14-19-28(3,4)22-29/h17-18,21H,6-16,19-20,22-23H2,1-5H3,(H,30,31). The first kappa shape index (κ1) is 26.7. The van der Waals surface area contributed by atoms with Gasteiger partial charge in [-0.25, -0.2) is 4.79 Å². The van der Waals surface area contributed by atoms with Gasteiger partial charge in [0.2, 0.25) is 0 Å². The van der Waals surface area contributed by atoms with E-state index in [2.05, 4.69) is 52.1 Å². The number of ether oxygens (including phenoxy) is 1. The minimum atomic E-state index is -0.305. The van der Waals surface area contributed by atoms with Crippen LogP contribution in [0.4, 0.5) is 4.79 Å². The molecule has 3 nitrogen and oxygen atoms in total. The van der Waals surface area contributed by atoms with Crippen LogP contribution in [-0.4, -0.2) is 12.6 Å². The molecule has 0 spiro atoms. The quantitative estimate of drug-likeness (QED) is 0.310. The molecule has 0 bridgehead atoms. The van der Waals surface area contributed by atoms with E-state index in [1.54, 1.807) is 0 Å². The van der Waals surface area contributed by atoms with Gasteiger partial charge in [0.1, 0.15) is 5.75 Å². The number of unbranched alkanes of at least 4 members (excludes halogenated alkanes) is 6. The average Bonchev–Trinajstić information content (AvgIpc) is 2.73. The molecule has 1 N–H and O–H groups in total. The van der Waals surface area contributed by atoms with E-state index in [9.17, 15) is 4.79 Å². The van der Waals surface area contributed by atoms with Crippen LogP contribution in [0, 0.1) is 10.8 Å². The van der Waals surface area contributed by atoms with E-state index in [0.29, 0.717) is 12.0 Å². The average molecular weight is 444 g/mol. The lowest BCUT2D eigenvalue weighted by Gasteiger charge is -2.42. The van der Waals surface area contributed by atoms with Gasteiger partial charge in [-0.2, -0.15) is 0 Å². The second-order valence-electron chi connectivity index (χ2n) is 11.3. The van der Waals surface area contributed by atoms with E-state index in [1.807, 2.05) is 6.07 Å². The maximum absolute atomic E-state index is 12.7. The topological polar surface area (TPSA) is 38.3 Å². The number of hydrogen-bond acceptors (Lipinski definition) is 2. The molecule has 1 unspecified atom stereocenters. The van der Waals surface area contributed by atoms with Crippen LogP contribution in [0.3, 0.4) is 0 Å². The van der Waals surface area contributed by atoms with Crippen molar-refractivity contribution >= 4 is 6.09 Å². The minimum Gasteiger partial charge on any atom is -0.410 e. The van der Waals surface area contributed by atoms with Gasteiger partial charge in [-0.15, -0.1) is 0 Å². The molecule has 1 fully saturated rings. The summed E-state index contributed by atoms with van der Waals surface area (Å²) in [6.07, 6.45) is 16.6. The van der Waals surface area contributed by atoms with Crippen molar-refractivity contribution in [3.63, 3.8) is 0 Å². The molecule has 0 saturated heterocycles. The molecule has 182 valence electrons. The molecular formula is C29H49NO2. The van der Waals surface area contributed by atoms with Crippen LogP contribution in [0.2, 0.25) is 0 Å². The highest BCUT2D eigenvalue weighted by Gasteiger charge is 2.36. The summed E-state index contributed by atoms with van der Waals surface area (Å²) in [5.74, 6) is 0.741. The van der Waals surface area contributed by atoms with Crippen LogP contribution in [0.5, 0.6) is 5.75 Å². The smallest absolute Gasteiger partial charge is 0.410 e. The fraction of sp³-hybridized carbons (Fsp3) is 0.759. The fourth-order valence-electron chi connectivity index (χ4n) is 5.48. The van der Waals surface area contributed by atoms with E-state index >= 15 is 0 Å². The molecule has 0 heterocycles. The molecule has 3 heteroatoms. The van der Waals surface area contributed by atoms with E-state index in [4.69, 9.17) is 4.74 Å². The van der Waals surface area contributed by atoms with Gasteiger partial charge in [-0.05, 0) is 73.0 Å². The third-order valence-corrected chi connectivity index (χ3v) is 7.14. The van der Waals surface area contributed by atoms with E-state index in [0.717, 1.165) is 31.4 Å². The van der Waals surface area contributed by atoms with Gasteiger partial charge in [0, 0.05) is 6.54 Å². The zero-order valence-corrected chi connectivity index (χ0v) is 21.7. The highest BCUT2D eigenvalue weighted by molar-refractivity contribution is 5.71. The van der Waals surface area contributed by atoms with Crippen molar-refractivity contribution in [3.05, 3.63) is 29.3 Å². The Labute approximate surface area is 198 Å². The predicted octanol–water partition coefficient (Wildman–Crippen LogP) is 8.63. The lowest BCUT2D eigenvalue weighted by atomic mass is 9.64. The van der Waals surface area contributed by atoms with Crippen LogP contribution in [0.15, 0.2) is 18.2 Å². The first-order valence-corrected chi connectivity index (χ1v) is 13.3. The zero-order chi connectivity index (χ0) is 23.5. The summed E-state index contributed by atoms with van der Waals surface area (Å²) < 4.78 is 5.84. The zero-order valence-electron chi connectivity index (χ0n) is 21.7. The van der Waals surface area contributed by atoms with Crippen LogP contribution >= 0.6 is 0 Å². The molecule has 1 aromatic rings. The summed E-state index contributed by atoms with van der Waals surface area (Å²) in [6, 6.07) is 6.45. The number of benzene rings is 1. The van der Waals surface area contributed by atoms with E-state index < -0.39 is 0 Å². The molecule has 1 aromatic carbocycles. The molecule has 32 heavy (non-hydrogen) atoms. The number of nitrogens with one attached hydrogen (secondary N) is 1. The van der Waals surface area contributed by atoms with E-state index in [-0.39, 0.29) is 11.5 Å². The Bertz CT molecular complexity index is 696. The normalized spacial score (nSPS) is 20.2. The largest absolute Gasteiger partial charge is 0.412 e. The molecule has 0 aliphatic heterocycles. The van der Waals surface area contributed by atoms with Crippen molar-refractivity contribution in [2.75, 3.05) is 6.54 Å². The minimum absolute atomic E-state index is 0.159. The third-order valence-electron chi connectivity index (χ3n) is 7.14. The van der Waals surface area contributed by atoms with Crippen LogP contribution < -0.4 is 10.1 Å². The molecule has 2 rings (SSSR count). The van der Waals surface area contributed by atoms with Crippen molar-refractivity contribution < 1.29 is 9.53 Å². The summed E-state index contributed by atoms with van der Waals surface area (Å²) in [5, 5.41) is 3.08. The van der Waals surface area contributed by atoms with Crippen molar-refractivity contribution in [1.82, 2.24) is 5.32 Å². The van der Waals surface area contributed by atoms with E-state index in [1.165, 1.54) is 75.3 Å². The van der Waals surface area contributed by atoms with Gasteiger partial charge in [0.15, 0.2) is 0 Å². The molecule has 1 saturated carbocycles. The Kier molecular flexibility index (Phi) is 11.1. The van der Waals surface area contributed by atoms with Crippen molar-refractivity contribution in [2.24, 2.45) is 10.8 Å². The fourth-order valence-corrected chi connectivity index (χ4v) is 5.48. The number of aryl methyl sites for hydroxylation is 2. The summed E-state index contributed by atoms with van der Waals surface area (Å²) >= 11 is 0. The Morgan fingerprint density at radius 1 is 0.938 bits per heavy atom. The summed E-state index contributed by atoms with van der Waals surface area (Å²) in [7, 11) is 0. The first-order chi connectivity index (χ1) is 15.3. The second-order valence-corrected chi connectivity index (χ2v) is 11.3. The van der Waals surface area contributed by atoms with Crippen molar-refractivity contribution in [3.8, 4) is 5.75 Å². The summed E-state index contributed by atoms with van der Waals surface area (Å²) in [4.78, 5) is 12.7. The SMILES string of the molecule is CCCCCCc1ccc(OC(=O)NCC2(C)CCCC(C)(C)C2)c(CCCCCC)c1. The number of rotatable bonds is 13. The number of amides is 1. The molecule has 1 amide bonds. The Morgan fingerprint density at radius 3 is 2.28 bits per heavy atom. The Hall–Kier alpha value is -1.51. The highest BCUT2D eigenvalue weighted by atomic mass is 16.6. The van der Waals surface area contributed by atoms with Crippen molar-refractivity contribution in [1.29, 1.82) is 0 Å². The van der Waals surface area contributed by atoms with Gasteiger partial charge in [-0.1, -0.05) is 91.7 Å². The second kappa shape index (κ2) is 13.3. The molecule has 1 atom stereocenters. The first-order valence-electron chi connectivity index (χ1n) is 13.3. The Morgan fingerprint density at radius 2 is 1.62 bits per heavy atom. The molecule has 0 aromatic heterocycles. The third kappa shape index (κ3) is 9.55. The summed E-state index contributed by atoms with van der Waals surface area (Å²) in [5.41, 5.74) is 3.08. The summed E-state index contributed by atoms with van der Waals surface area (Å²) in [6.45, 7) is 12.2. The number of carbonyl (C=O) groups is 1. The lowest BCUT2D eigenvalue weighted by molar-refractivity contribution is 0.0969. The monoisotopic (exact) mass is 443 g/mol. The highest BCUT2D eigenvalue weighted by Crippen LogP contribution is 2.45. The van der Waals surface area contributed by atoms with Crippen LogP contribution in [-0.2, 0) is 12.8 Å². The van der Waals surface area contributed by atoms with Crippen LogP contribution in [0.1, 0.15) is 123 Å². The molecular weight excluding hydrogens is 394 g/mol. The molecule has 0 radical (unpaired) electrons. The predicted molar refractivity (Wildman–Crippen MR) is 137 cm³/mol. The maximum atomic E-state index is 12.7. The number of carbonyl (C=O) groups excluding carboxylic acids is 1. The van der Waals surface area contributed by atoms with Crippen LogP contribution in [0.25, 0.3) is 0 Å². The lowest BCUT2D eigenvalue weighted by Crippen LogP contribution is -2.41. The Balaban J connectivity index is 1.96. The van der Waals surface area contributed by atoms with Crippen molar-refractivity contribution in [2.45, 2.75) is 125 Å². The number of hydrogen-bond donors (Lipinski definition) is 1. The van der Waals surface area contributed by atoms with Gasteiger partial charge in [0.05, 0.1) is 0 Å².